The van der Waals surface area contributed by atoms with E-state index in [1.54, 1.807) is 6.07 Å². The van der Waals surface area contributed by atoms with E-state index in [1.807, 2.05) is 6.07 Å². The number of hydrogen-bond acceptors (Lipinski definition) is 4. The molecule has 3 N–H and O–H groups in total. The van der Waals surface area contributed by atoms with Crippen LogP contribution in [0.3, 0.4) is 0 Å². The predicted molar refractivity (Wildman–Crippen MR) is 88.2 cm³/mol. The molecule has 0 fully saturated rings. The molecule has 5 nitrogen and oxygen atoms in total. The molecule has 0 unspecified atom stereocenters. The molecule has 0 saturated carbocycles. The molecule has 0 atom stereocenters. The van der Waals surface area contributed by atoms with E-state index in [4.69, 9.17) is 11.0 Å². The molecular formula is C13H9Br2N3O2S. The number of hydrogen-bond donors (Lipinski definition) is 2. The molecule has 21 heavy (non-hydrogen) atoms. The van der Waals surface area contributed by atoms with Crippen molar-refractivity contribution >= 4 is 53.3 Å². The maximum absolute atomic E-state index is 12.3. The number of nitrogen functional groups attached to an aromatic ring is 1. The number of benzene rings is 2. The third kappa shape index (κ3) is 3.56. The summed E-state index contributed by atoms with van der Waals surface area (Å²) in [6.07, 6.45) is 0. The first-order valence-corrected chi connectivity index (χ1v) is 8.68. The van der Waals surface area contributed by atoms with E-state index in [2.05, 4.69) is 36.6 Å². The highest BCUT2D eigenvalue weighted by Crippen LogP contribution is 2.27. The highest BCUT2D eigenvalue weighted by atomic mass is 79.9. The van der Waals surface area contributed by atoms with Crippen LogP contribution in [0.15, 0.2) is 50.2 Å². The molecule has 0 aliphatic heterocycles. The van der Waals surface area contributed by atoms with Crippen molar-refractivity contribution in [2.45, 2.75) is 4.90 Å². The van der Waals surface area contributed by atoms with Gasteiger partial charge in [0, 0.05) is 14.6 Å². The van der Waals surface area contributed by atoms with E-state index in [0.717, 1.165) is 0 Å². The molecule has 2 aromatic carbocycles. The van der Waals surface area contributed by atoms with Crippen molar-refractivity contribution in [2.24, 2.45) is 0 Å². The number of nitrogens with two attached hydrogens (primary N) is 1. The largest absolute Gasteiger partial charge is 0.398 e. The molecule has 0 aromatic heterocycles. The van der Waals surface area contributed by atoms with E-state index in [-0.39, 0.29) is 16.1 Å². The van der Waals surface area contributed by atoms with Gasteiger partial charge in [-0.05, 0) is 52.3 Å². The molecule has 0 bridgehead atoms. The van der Waals surface area contributed by atoms with Crippen LogP contribution in [-0.2, 0) is 10.0 Å². The molecule has 2 rings (SSSR count). The van der Waals surface area contributed by atoms with Crippen molar-refractivity contribution in [3.63, 3.8) is 0 Å². The van der Waals surface area contributed by atoms with Crippen molar-refractivity contribution in [3.05, 3.63) is 50.9 Å². The van der Waals surface area contributed by atoms with Gasteiger partial charge in [-0.1, -0.05) is 15.9 Å². The van der Waals surface area contributed by atoms with Gasteiger partial charge in [-0.3, -0.25) is 4.72 Å². The molecule has 0 amide bonds. The molecule has 0 aliphatic rings. The summed E-state index contributed by atoms with van der Waals surface area (Å²) in [5.74, 6) is 0. The Morgan fingerprint density at radius 2 is 1.86 bits per heavy atom. The van der Waals surface area contributed by atoms with Crippen LogP contribution >= 0.6 is 31.9 Å². The van der Waals surface area contributed by atoms with Crippen molar-refractivity contribution in [1.82, 2.24) is 0 Å². The lowest BCUT2D eigenvalue weighted by molar-refractivity contribution is 0.601. The third-order valence-electron chi connectivity index (χ3n) is 2.63. The van der Waals surface area contributed by atoms with E-state index >= 15 is 0 Å². The number of rotatable bonds is 3. The Balaban J connectivity index is 2.45. The Morgan fingerprint density at radius 3 is 2.48 bits per heavy atom. The van der Waals surface area contributed by atoms with Gasteiger partial charge in [-0.15, -0.1) is 0 Å². The highest BCUT2D eigenvalue weighted by molar-refractivity contribution is 9.10. The number of nitriles is 1. The third-order valence-corrected chi connectivity index (χ3v) is 5.17. The zero-order valence-electron chi connectivity index (χ0n) is 10.5. The fraction of sp³-hybridized carbons (Fsp3) is 0. The van der Waals surface area contributed by atoms with Crippen LogP contribution in [0.1, 0.15) is 5.56 Å². The van der Waals surface area contributed by atoms with Gasteiger partial charge in [-0.25, -0.2) is 8.42 Å². The number of sulfonamides is 1. The minimum atomic E-state index is -3.81. The SMILES string of the molecule is N#Cc1ccc(Br)cc1NS(=O)(=O)c1ccc(N)c(Br)c1. The van der Waals surface area contributed by atoms with Gasteiger partial charge >= 0.3 is 0 Å². The van der Waals surface area contributed by atoms with Crippen LogP contribution in [0.25, 0.3) is 0 Å². The summed E-state index contributed by atoms with van der Waals surface area (Å²) in [5.41, 5.74) is 6.52. The van der Waals surface area contributed by atoms with Crippen molar-refractivity contribution in [1.29, 1.82) is 5.26 Å². The molecule has 0 spiro atoms. The molecule has 0 aliphatic carbocycles. The maximum Gasteiger partial charge on any atom is 0.261 e. The van der Waals surface area contributed by atoms with E-state index in [1.165, 1.54) is 30.3 Å². The van der Waals surface area contributed by atoms with E-state index < -0.39 is 10.0 Å². The number of nitrogens with zero attached hydrogens (tertiary/aromatic N) is 1. The first-order chi connectivity index (χ1) is 9.83. The predicted octanol–water partition coefficient (Wildman–Crippen LogP) is 3.47. The Morgan fingerprint density at radius 1 is 1.14 bits per heavy atom. The average molecular weight is 431 g/mol. The lowest BCUT2D eigenvalue weighted by Gasteiger charge is -2.10. The summed E-state index contributed by atoms with van der Waals surface area (Å²) in [5, 5.41) is 9.03. The van der Waals surface area contributed by atoms with Crippen LogP contribution in [0.2, 0.25) is 0 Å². The van der Waals surface area contributed by atoms with Crippen LogP contribution < -0.4 is 10.5 Å². The minimum absolute atomic E-state index is 0.0486. The zero-order valence-corrected chi connectivity index (χ0v) is 14.5. The lowest BCUT2D eigenvalue weighted by atomic mass is 10.2. The Kier molecular flexibility index (Phi) is 4.56. The van der Waals surface area contributed by atoms with Crippen LogP contribution in [-0.4, -0.2) is 8.42 Å². The fourth-order valence-electron chi connectivity index (χ4n) is 1.58. The second-order valence-electron chi connectivity index (χ2n) is 4.09. The lowest BCUT2D eigenvalue weighted by Crippen LogP contribution is -2.14. The number of nitrogens with one attached hydrogen (secondary N) is 1. The first kappa shape index (κ1) is 15.8. The van der Waals surface area contributed by atoms with Crippen LogP contribution in [0.4, 0.5) is 11.4 Å². The fourth-order valence-corrected chi connectivity index (χ4v) is 3.56. The molecule has 8 heteroatoms. The van der Waals surface area contributed by atoms with Crippen molar-refractivity contribution in [3.8, 4) is 6.07 Å². The minimum Gasteiger partial charge on any atom is -0.398 e. The summed E-state index contributed by atoms with van der Waals surface area (Å²) >= 11 is 6.43. The molecular weight excluding hydrogens is 422 g/mol. The summed E-state index contributed by atoms with van der Waals surface area (Å²) in [7, 11) is -3.81. The standard InChI is InChI=1S/C13H9Br2N3O2S/c14-9-2-1-8(7-16)13(5-9)18-21(19,20)10-3-4-12(17)11(15)6-10/h1-6,18H,17H2. The van der Waals surface area contributed by atoms with Crippen molar-refractivity contribution < 1.29 is 8.42 Å². The van der Waals surface area contributed by atoms with Gasteiger partial charge in [0.05, 0.1) is 16.1 Å². The molecule has 108 valence electrons. The van der Waals surface area contributed by atoms with Gasteiger partial charge in [0.15, 0.2) is 0 Å². The summed E-state index contributed by atoms with van der Waals surface area (Å²) in [6, 6.07) is 11.0. The van der Waals surface area contributed by atoms with Crippen LogP contribution in [0, 0.1) is 11.3 Å². The molecule has 2 aromatic rings. The summed E-state index contributed by atoms with van der Waals surface area (Å²) in [4.78, 5) is 0.0486. The highest BCUT2D eigenvalue weighted by Gasteiger charge is 2.17. The topological polar surface area (TPSA) is 96.0 Å². The monoisotopic (exact) mass is 429 g/mol. The Bertz CT molecular complexity index is 845. The smallest absolute Gasteiger partial charge is 0.261 e. The molecule has 0 heterocycles. The van der Waals surface area contributed by atoms with E-state index in [9.17, 15) is 8.42 Å². The molecule has 0 saturated heterocycles. The normalized spacial score (nSPS) is 10.9. The average Bonchev–Trinajstić information content (AvgIpc) is 2.41. The quantitative estimate of drug-likeness (QED) is 0.728. The van der Waals surface area contributed by atoms with Gasteiger partial charge < -0.3 is 5.73 Å². The second-order valence-corrected chi connectivity index (χ2v) is 7.54. The van der Waals surface area contributed by atoms with Gasteiger partial charge in [-0.2, -0.15) is 5.26 Å². The Labute approximate surface area is 139 Å². The summed E-state index contributed by atoms with van der Waals surface area (Å²) < 4.78 is 28.2. The Hall–Kier alpha value is -1.56. The maximum atomic E-state index is 12.3. The van der Waals surface area contributed by atoms with Crippen molar-refractivity contribution in [2.75, 3.05) is 10.5 Å². The van der Waals surface area contributed by atoms with Gasteiger partial charge in [0.2, 0.25) is 0 Å². The summed E-state index contributed by atoms with van der Waals surface area (Å²) in [6.45, 7) is 0. The zero-order chi connectivity index (χ0) is 15.6. The second kappa shape index (κ2) is 6.05. The van der Waals surface area contributed by atoms with Gasteiger partial charge in [0.1, 0.15) is 6.07 Å². The number of anilines is 2. The van der Waals surface area contributed by atoms with Gasteiger partial charge in [0.25, 0.3) is 10.0 Å². The number of halogens is 2. The van der Waals surface area contributed by atoms with E-state index in [0.29, 0.717) is 14.6 Å². The molecule has 0 radical (unpaired) electrons. The first-order valence-electron chi connectivity index (χ1n) is 5.61. The van der Waals surface area contributed by atoms with Crippen LogP contribution in [0.5, 0.6) is 0 Å².